The molecule has 0 spiro atoms. The summed E-state index contributed by atoms with van der Waals surface area (Å²) in [6.45, 7) is -0.104. The summed E-state index contributed by atoms with van der Waals surface area (Å²) in [6, 6.07) is 11.7. The highest BCUT2D eigenvalue weighted by Gasteiger charge is 2.14. The summed E-state index contributed by atoms with van der Waals surface area (Å²) < 4.78 is 28.2. The lowest BCUT2D eigenvalue weighted by atomic mass is 10.1. The summed E-state index contributed by atoms with van der Waals surface area (Å²) >= 11 is 0. The molecule has 4 rings (SSSR count). The quantitative estimate of drug-likeness (QED) is 0.606. The monoisotopic (exact) mass is 324 g/mol. The number of benzene rings is 2. The number of aliphatic hydroxyl groups is 1. The summed E-state index contributed by atoms with van der Waals surface area (Å²) in [7, 11) is -2.64. The summed E-state index contributed by atoms with van der Waals surface area (Å²) in [5.41, 5.74) is 1.84. The zero-order chi connectivity index (χ0) is 19.2. The number of hydrogen-bond acceptors (Lipinski definition) is 4. The van der Waals surface area contributed by atoms with Gasteiger partial charge < -0.3 is 9.84 Å². The Morgan fingerprint density at radius 2 is 2.17 bits per heavy atom. The van der Waals surface area contributed by atoms with Gasteiger partial charge in [-0.15, -0.1) is 0 Å². The van der Waals surface area contributed by atoms with Crippen LogP contribution in [0.25, 0.3) is 27.5 Å². The molecule has 0 saturated heterocycles. The van der Waals surface area contributed by atoms with Crippen molar-refractivity contribution in [1.29, 1.82) is 0 Å². The van der Waals surface area contributed by atoms with Crippen LogP contribution in [-0.2, 0) is 6.61 Å². The number of H-pyrrole nitrogens is 1. The summed E-state index contributed by atoms with van der Waals surface area (Å²) in [6.07, 6.45) is 1.46. The topological polar surface area (TPSA) is 80.1 Å². The number of rotatable bonds is 3. The Hall–Kier alpha value is -3.12. The Balaban J connectivity index is 1.95. The number of aromatic amines is 1. The number of ether oxygens (including phenoxy) is 1. The van der Waals surface area contributed by atoms with E-state index in [1.54, 1.807) is 36.4 Å². The van der Waals surface area contributed by atoms with Crippen molar-refractivity contribution in [2.24, 2.45) is 0 Å². The minimum Gasteiger partial charge on any atom is -0.494 e. The van der Waals surface area contributed by atoms with Crippen molar-refractivity contribution in [3.63, 3.8) is 0 Å². The van der Waals surface area contributed by atoms with Crippen LogP contribution >= 0.6 is 0 Å². The lowest BCUT2D eigenvalue weighted by Crippen LogP contribution is -2.15. The normalized spacial score (nSPS) is 13.6. The SMILES string of the molecule is [2H]C([2H])([2H])Oc1ccccc1-n1[nH]c2c(cnc3cc(CO)ccc32)c1=O. The van der Waals surface area contributed by atoms with Crippen LogP contribution in [-0.4, -0.2) is 26.9 Å². The molecule has 0 unspecified atom stereocenters. The highest BCUT2D eigenvalue weighted by molar-refractivity contribution is 6.02. The molecule has 4 aromatic rings. The van der Waals surface area contributed by atoms with Gasteiger partial charge in [-0.3, -0.25) is 14.9 Å². The number of aliphatic hydroxyl groups excluding tert-OH is 1. The van der Waals surface area contributed by atoms with E-state index in [4.69, 9.17) is 8.85 Å². The second kappa shape index (κ2) is 5.50. The summed E-state index contributed by atoms with van der Waals surface area (Å²) in [5, 5.41) is 13.4. The highest BCUT2D eigenvalue weighted by Crippen LogP contribution is 2.25. The fourth-order valence-corrected chi connectivity index (χ4v) is 2.80. The first-order valence-corrected chi connectivity index (χ1v) is 7.29. The summed E-state index contributed by atoms with van der Waals surface area (Å²) in [4.78, 5) is 17.2. The number of methoxy groups -OCH3 is 1. The average Bonchev–Trinajstić information content (AvgIpc) is 2.97. The minimum absolute atomic E-state index is 0.0611. The molecule has 0 amide bonds. The van der Waals surface area contributed by atoms with Crippen LogP contribution in [0.4, 0.5) is 0 Å². The first-order chi connectivity index (χ1) is 12.9. The maximum Gasteiger partial charge on any atom is 0.280 e. The van der Waals surface area contributed by atoms with E-state index in [1.807, 2.05) is 0 Å². The first-order valence-electron chi connectivity index (χ1n) is 8.79. The first kappa shape index (κ1) is 11.4. The molecule has 0 bridgehead atoms. The Labute approximate surface area is 141 Å². The van der Waals surface area contributed by atoms with Crippen LogP contribution in [0, 0.1) is 0 Å². The van der Waals surface area contributed by atoms with Gasteiger partial charge in [-0.1, -0.05) is 24.3 Å². The van der Waals surface area contributed by atoms with E-state index in [0.717, 1.165) is 5.39 Å². The van der Waals surface area contributed by atoms with Crippen molar-refractivity contribution in [2.75, 3.05) is 7.04 Å². The van der Waals surface area contributed by atoms with Crippen molar-refractivity contribution in [3.8, 4) is 11.4 Å². The molecule has 0 fully saturated rings. The zero-order valence-electron chi connectivity index (χ0n) is 15.5. The molecule has 0 aliphatic heterocycles. The van der Waals surface area contributed by atoms with Crippen molar-refractivity contribution < 1.29 is 14.0 Å². The smallest absolute Gasteiger partial charge is 0.280 e. The van der Waals surface area contributed by atoms with Gasteiger partial charge in [-0.2, -0.15) is 0 Å². The third-order valence-electron chi connectivity index (χ3n) is 3.99. The highest BCUT2D eigenvalue weighted by atomic mass is 16.5. The van der Waals surface area contributed by atoms with Crippen LogP contribution < -0.4 is 10.3 Å². The number of nitrogens with zero attached hydrogens (tertiary/aromatic N) is 2. The van der Waals surface area contributed by atoms with Gasteiger partial charge in [0.15, 0.2) is 0 Å². The molecule has 0 saturated carbocycles. The molecule has 0 radical (unpaired) electrons. The van der Waals surface area contributed by atoms with Gasteiger partial charge in [0.05, 0.1) is 34.2 Å². The molecule has 6 nitrogen and oxygen atoms in total. The number of pyridine rings is 1. The maximum atomic E-state index is 12.9. The predicted octanol–water partition coefficient (Wildman–Crippen LogP) is 2.37. The Morgan fingerprint density at radius 3 is 3.00 bits per heavy atom. The third-order valence-corrected chi connectivity index (χ3v) is 3.99. The predicted molar refractivity (Wildman–Crippen MR) is 91.7 cm³/mol. The molecule has 0 aliphatic rings. The van der Waals surface area contributed by atoms with Crippen molar-refractivity contribution in [3.05, 3.63) is 64.6 Å². The van der Waals surface area contributed by atoms with E-state index in [0.29, 0.717) is 22.0 Å². The van der Waals surface area contributed by atoms with Crippen molar-refractivity contribution in [1.82, 2.24) is 14.8 Å². The number of hydrogen-bond donors (Lipinski definition) is 2. The number of nitrogens with one attached hydrogen (secondary N) is 1. The van der Waals surface area contributed by atoms with Gasteiger partial charge in [0.2, 0.25) is 0 Å². The molecule has 2 aromatic carbocycles. The molecule has 2 N–H and O–H groups in total. The van der Waals surface area contributed by atoms with Crippen LogP contribution in [0.3, 0.4) is 0 Å². The van der Waals surface area contributed by atoms with Gasteiger partial charge in [0, 0.05) is 11.6 Å². The van der Waals surface area contributed by atoms with Crippen LogP contribution in [0.15, 0.2) is 53.5 Å². The fraction of sp³-hybridized carbons (Fsp3) is 0.111. The van der Waals surface area contributed by atoms with Gasteiger partial charge in [0.25, 0.3) is 5.56 Å². The lowest BCUT2D eigenvalue weighted by molar-refractivity contribution is 0.282. The van der Waals surface area contributed by atoms with E-state index < -0.39 is 7.04 Å². The Kier molecular flexibility index (Phi) is 2.62. The summed E-state index contributed by atoms with van der Waals surface area (Å²) in [5.74, 6) is 0.0611. The van der Waals surface area contributed by atoms with E-state index >= 15 is 0 Å². The number of para-hydroxylation sites is 2. The minimum atomic E-state index is -2.64. The molecule has 2 aromatic heterocycles. The fourth-order valence-electron chi connectivity index (χ4n) is 2.80. The van der Waals surface area contributed by atoms with Crippen molar-refractivity contribution >= 4 is 21.8 Å². The Bertz CT molecular complexity index is 1210. The van der Waals surface area contributed by atoms with Crippen LogP contribution in [0.5, 0.6) is 5.75 Å². The number of aromatic nitrogens is 3. The standard InChI is InChI=1S/C18H15N3O3/c1-24-16-5-3-2-4-15(16)21-18(23)13-9-19-14-8-11(10-22)6-7-12(14)17(13)20-21/h2-9,20,22H,10H2,1H3/i1D3. The van der Waals surface area contributed by atoms with Crippen LogP contribution in [0.1, 0.15) is 9.68 Å². The molecule has 0 aliphatic carbocycles. The van der Waals surface area contributed by atoms with Gasteiger partial charge in [-0.25, -0.2) is 4.68 Å². The largest absolute Gasteiger partial charge is 0.494 e. The van der Waals surface area contributed by atoms with Gasteiger partial charge >= 0.3 is 0 Å². The van der Waals surface area contributed by atoms with E-state index in [9.17, 15) is 9.90 Å². The van der Waals surface area contributed by atoms with E-state index in [2.05, 4.69) is 10.1 Å². The third kappa shape index (κ3) is 2.08. The van der Waals surface area contributed by atoms with Crippen molar-refractivity contribution in [2.45, 2.75) is 6.61 Å². The van der Waals surface area contributed by atoms with Gasteiger partial charge in [0.1, 0.15) is 11.4 Å². The molecule has 120 valence electrons. The number of fused-ring (bicyclic) bond motifs is 3. The second-order valence-corrected chi connectivity index (χ2v) is 5.38. The van der Waals surface area contributed by atoms with E-state index in [-0.39, 0.29) is 23.6 Å². The maximum absolute atomic E-state index is 12.9. The molecular weight excluding hydrogens is 306 g/mol. The molecule has 0 atom stereocenters. The average molecular weight is 324 g/mol. The van der Waals surface area contributed by atoms with E-state index in [1.165, 1.54) is 16.9 Å². The van der Waals surface area contributed by atoms with Crippen LogP contribution in [0.2, 0.25) is 0 Å². The Morgan fingerprint density at radius 1 is 1.29 bits per heavy atom. The second-order valence-electron chi connectivity index (χ2n) is 5.38. The molecule has 24 heavy (non-hydrogen) atoms. The molecular formula is C18H15N3O3. The van der Waals surface area contributed by atoms with Gasteiger partial charge in [-0.05, 0) is 23.8 Å². The lowest BCUT2D eigenvalue weighted by Gasteiger charge is -2.07. The molecule has 2 heterocycles. The zero-order valence-corrected chi connectivity index (χ0v) is 12.5. The molecule has 6 heteroatoms.